The summed E-state index contributed by atoms with van der Waals surface area (Å²) in [5, 5.41) is 3.60. The Bertz CT molecular complexity index is 733. The smallest absolute Gasteiger partial charge is 0.252 e. The van der Waals surface area contributed by atoms with Gasteiger partial charge in [-0.1, -0.05) is 35.9 Å². The Labute approximate surface area is 164 Å². The van der Waals surface area contributed by atoms with Gasteiger partial charge in [0.2, 0.25) is 5.91 Å². The molecule has 0 aliphatic carbocycles. The summed E-state index contributed by atoms with van der Waals surface area (Å²) in [7, 11) is 0. The van der Waals surface area contributed by atoms with Crippen molar-refractivity contribution in [3.05, 3.63) is 42.2 Å². The van der Waals surface area contributed by atoms with Crippen LogP contribution in [0.1, 0.15) is 24.8 Å². The highest BCUT2D eigenvalue weighted by molar-refractivity contribution is 8.00. The molecule has 2 aromatic rings. The highest BCUT2D eigenvalue weighted by Gasteiger charge is 2.13. The van der Waals surface area contributed by atoms with Crippen LogP contribution >= 0.6 is 11.8 Å². The van der Waals surface area contributed by atoms with Crippen molar-refractivity contribution < 1.29 is 9.53 Å². The predicted octanol–water partition coefficient (Wildman–Crippen LogP) is 3.27. The van der Waals surface area contributed by atoms with Gasteiger partial charge in [0.15, 0.2) is 5.03 Å². The summed E-state index contributed by atoms with van der Waals surface area (Å²) in [6, 6.07) is 7.75. The molecule has 7 heteroatoms. The molecule has 27 heavy (non-hydrogen) atoms. The van der Waals surface area contributed by atoms with Gasteiger partial charge >= 0.3 is 0 Å². The van der Waals surface area contributed by atoms with Gasteiger partial charge in [-0.05, 0) is 45.0 Å². The summed E-state index contributed by atoms with van der Waals surface area (Å²) in [6.45, 7) is 5.92. The Kier molecular flexibility index (Phi) is 7.47. The van der Waals surface area contributed by atoms with E-state index < -0.39 is 0 Å². The number of rotatable bonds is 8. The molecule has 1 aromatic heterocycles. The molecule has 1 aliphatic heterocycles. The van der Waals surface area contributed by atoms with E-state index in [1.807, 2.05) is 31.2 Å². The second-order valence-corrected chi connectivity index (χ2v) is 7.59. The van der Waals surface area contributed by atoms with Gasteiger partial charge in [-0.3, -0.25) is 4.79 Å². The van der Waals surface area contributed by atoms with Crippen molar-refractivity contribution in [2.45, 2.75) is 31.2 Å². The molecular weight excluding hydrogens is 360 g/mol. The van der Waals surface area contributed by atoms with Crippen molar-refractivity contribution in [2.75, 3.05) is 31.9 Å². The zero-order valence-corrected chi connectivity index (χ0v) is 16.5. The number of nitrogens with zero attached hydrogens (tertiary/aromatic N) is 3. The van der Waals surface area contributed by atoms with Crippen molar-refractivity contribution in [1.82, 2.24) is 20.2 Å². The molecule has 2 heterocycles. The maximum atomic E-state index is 12.1. The third-order valence-electron chi connectivity index (χ3n) is 4.41. The number of carbonyl (C=O) groups is 1. The number of aryl methyl sites for hydroxylation is 1. The summed E-state index contributed by atoms with van der Waals surface area (Å²) in [6.07, 6.45) is 7.05. The van der Waals surface area contributed by atoms with Gasteiger partial charge in [-0.25, -0.2) is 9.97 Å². The van der Waals surface area contributed by atoms with Gasteiger partial charge in [-0.15, -0.1) is 0 Å². The van der Waals surface area contributed by atoms with E-state index in [0.29, 0.717) is 29.0 Å². The van der Waals surface area contributed by atoms with Gasteiger partial charge in [0.25, 0.3) is 5.88 Å². The zero-order valence-electron chi connectivity index (χ0n) is 15.7. The first-order valence-corrected chi connectivity index (χ1v) is 10.4. The number of piperidine rings is 1. The third kappa shape index (κ3) is 6.52. The molecule has 1 fully saturated rings. The first-order valence-electron chi connectivity index (χ1n) is 9.38. The Morgan fingerprint density at radius 2 is 1.89 bits per heavy atom. The highest BCUT2D eigenvalue weighted by Crippen LogP contribution is 2.28. The van der Waals surface area contributed by atoms with E-state index in [1.54, 1.807) is 12.4 Å². The third-order valence-corrected chi connectivity index (χ3v) is 5.37. The molecule has 0 bridgehead atoms. The fraction of sp³-hybridized carbons (Fsp3) is 0.450. The molecule has 1 amide bonds. The van der Waals surface area contributed by atoms with Crippen LogP contribution < -0.4 is 10.1 Å². The first kappa shape index (κ1) is 19.6. The highest BCUT2D eigenvalue weighted by atomic mass is 32.2. The quantitative estimate of drug-likeness (QED) is 0.703. The minimum absolute atomic E-state index is 0.00366. The van der Waals surface area contributed by atoms with Crippen molar-refractivity contribution in [1.29, 1.82) is 0 Å². The normalized spacial score (nSPS) is 14.7. The fourth-order valence-corrected chi connectivity index (χ4v) is 3.64. The van der Waals surface area contributed by atoms with Gasteiger partial charge in [0.05, 0.1) is 5.75 Å². The Balaban J connectivity index is 1.45. The molecule has 0 spiro atoms. The molecular formula is C20H26N4O2S. The van der Waals surface area contributed by atoms with Crippen LogP contribution in [-0.4, -0.2) is 52.7 Å². The van der Waals surface area contributed by atoms with E-state index in [4.69, 9.17) is 4.74 Å². The molecule has 1 aromatic carbocycles. The molecule has 0 saturated carbocycles. The number of nitrogens with one attached hydrogen (secondary N) is 1. The van der Waals surface area contributed by atoms with E-state index in [0.717, 1.165) is 25.2 Å². The topological polar surface area (TPSA) is 67.3 Å². The number of carbonyl (C=O) groups excluding carboxylic acids is 1. The average Bonchev–Trinajstić information content (AvgIpc) is 2.70. The maximum absolute atomic E-state index is 12.1. The number of hydrogen-bond donors (Lipinski definition) is 1. The summed E-state index contributed by atoms with van der Waals surface area (Å²) in [5.74, 6) is 1.42. The Morgan fingerprint density at radius 3 is 2.67 bits per heavy atom. The van der Waals surface area contributed by atoms with Crippen molar-refractivity contribution in [3.8, 4) is 11.6 Å². The van der Waals surface area contributed by atoms with E-state index in [9.17, 15) is 4.79 Å². The maximum Gasteiger partial charge on any atom is 0.252 e. The van der Waals surface area contributed by atoms with Crippen molar-refractivity contribution >= 4 is 17.7 Å². The molecule has 6 nitrogen and oxygen atoms in total. The molecule has 3 rings (SSSR count). The summed E-state index contributed by atoms with van der Waals surface area (Å²) in [4.78, 5) is 23.1. The molecule has 1 saturated heterocycles. The lowest BCUT2D eigenvalue weighted by Crippen LogP contribution is -2.38. The molecule has 1 aliphatic rings. The number of thioether (sulfide) groups is 1. The fourth-order valence-electron chi connectivity index (χ4n) is 2.92. The molecule has 0 atom stereocenters. The molecule has 0 radical (unpaired) electrons. The van der Waals surface area contributed by atoms with E-state index in [-0.39, 0.29) is 5.91 Å². The standard InChI is InChI=1S/C20H26N4O2S/c1-16-5-7-17(8-6-16)26-19-20(23-10-9-22-19)27-15-18(25)21-11-14-24-12-3-2-4-13-24/h5-10H,2-4,11-15H2,1H3,(H,21,25). The second kappa shape index (κ2) is 10.3. The lowest BCUT2D eigenvalue weighted by molar-refractivity contribution is -0.118. The minimum atomic E-state index is 0.00366. The van der Waals surface area contributed by atoms with Crippen LogP contribution in [0.3, 0.4) is 0 Å². The van der Waals surface area contributed by atoms with Gasteiger partial charge in [-0.2, -0.15) is 0 Å². The molecule has 0 unspecified atom stereocenters. The Morgan fingerprint density at radius 1 is 1.15 bits per heavy atom. The van der Waals surface area contributed by atoms with Crippen LogP contribution in [0.4, 0.5) is 0 Å². The molecule has 1 N–H and O–H groups in total. The number of ether oxygens (including phenoxy) is 1. The van der Waals surface area contributed by atoms with Gasteiger partial charge < -0.3 is 15.0 Å². The van der Waals surface area contributed by atoms with Gasteiger partial charge in [0, 0.05) is 25.5 Å². The average molecular weight is 387 g/mol. The van der Waals surface area contributed by atoms with Crippen LogP contribution in [0, 0.1) is 6.92 Å². The first-order chi connectivity index (χ1) is 13.2. The lowest BCUT2D eigenvalue weighted by atomic mass is 10.1. The predicted molar refractivity (Wildman–Crippen MR) is 107 cm³/mol. The van der Waals surface area contributed by atoms with Crippen molar-refractivity contribution in [2.24, 2.45) is 0 Å². The SMILES string of the molecule is Cc1ccc(Oc2nccnc2SCC(=O)NCCN2CCCCC2)cc1. The van der Waals surface area contributed by atoms with E-state index in [2.05, 4.69) is 20.2 Å². The zero-order chi connectivity index (χ0) is 18.9. The Hall–Kier alpha value is -2.12. The summed E-state index contributed by atoms with van der Waals surface area (Å²) in [5.41, 5.74) is 1.16. The van der Waals surface area contributed by atoms with E-state index in [1.165, 1.54) is 31.0 Å². The van der Waals surface area contributed by atoms with Crippen LogP contribution in [0.5, 0.6) is 11.6 Å². The largest absolute Gasteiger partial charge is 0.437 e. The monoisotopic (exact) mass is 386 g/mol. The van der Waals surface area contributed by atoms with Crippen LogP contribution in [-0.2, 0) is 4.79 Å². The minimum Gasteiger partial charge on any atom is -0.437 e. The van der Waals surface area contributed by atoms with Crippen LogP contribution in [0.25, 0.3) is 0 Å². The number of benzene rings is 1. The van der Waals surface area contributed by atoms with Gasteiger partial charge in [0.1, 0.15) is 5.75 Å². The number of hydrogen-bond acceptors (Lipinski definition) is 6. The summed E-state index contributed by atoms with van der Waals surface area (Å²) >= 11 is 1.34. The summed E-state index contributed by atoms with van der Waals surface area (Å²) < 4.78 is 5.82. The molecule has 144 valence electrons. The lowest BCUT2D eigenvalue weighted by Gasteiger charge is -2.26. The number of likely N-dealkylation sites (tertiary alicyclic amines) is 1. The van der Waals surface area contributed by atoms with Crippen molar-refractivity contribution in [3.63, 3.8) is 0 Å². The number of aromatic nitrogens is 2. The van der Waals surface area contributed by atoms with Crippen LogP contribution in [0.15, 0.2) is 41.7 Å². The second-order valence-electron chi connectivity index (χ2n) is 6.62. The van der Waals surface area contributed by atoms with E-state index >= 15 is 0 Å². The van der Waals surface area contributed by atoms with Crippen LogP contribution in [0.2, 0.25) is 0 Å². The number of amides is 1.